The smallest absolute Gasteiger partial charge is 0.0878 e. The van der Waals surface area contributed by atoms with E-state index in [1.807, 2.05) is 0 Å². The molecule has 12 heavy (non-hydrogen) atoms. The summed E-state index contributed by atoms with van der Waals surface area (Å²) in [5.41, 5.74) is 0. The van der Waals surface area contributed by atoms with Gasteiger partial charge >= 0.3 is 0 Å². The van der Waals surface area contributed by atoms with Crippen molar-refractivity contribution < 1.29 is 25.5 Å². The van der Waals surface area contributed by atoms with E-state index < -0.39 is 43.4 Å². The van der Waals surface area contributed by atoms with Crippen LogP contribution in [0, 0.1) is 11.8 Å². The van der Waals surface area contributed by atoms with Crippen LogP contribution in [-0.2, 0) is 0 Å². The molecule has 0 bridgehead atoms. The summed E-state index contributed by atoms with van der Waals surface area (Å²) in [4.78, 5) is 0. The number of rotatable bonds is 2. The fourth-order valence-electron chi connectivity index (χ4n) is 1.66. The molecule has 0 aromatic heterocycles. The highest BCUT2D eigenvalue weighted by Gasteiger charge is 2.47. The van der Waals surface area contributed by atoms with Crippen molar-refractivity contribution in [1.82, 2.24) is 0 Å². The van der Waals surface area contributed by atoms with Crippen LogP contribution in [0.2, 0.25) is 0 Å². The molecule has 1 aliphatic carbocycles. The van der Waals surface area contributed by atoms with Crippen LogP contribution in [0.15, 0.2) is 0 Å². The second-order valence-electron chi connectivity index (χ2n) is 3.16. The zero-order chi connectivity index (χ0) is 9.30. The lowest BCUT2D eigenvalue weighted by Crippen LogP contribution is -2.30. The predicted molar refractivity (Wildman–Crippen MR) is 39.2 cm³/mol. The van der Waals surface area contributed by atoms with Gasteiger partial charge in [-0.05, 0) is 0 Å². The van der Waals surface area contributed by atoms with E-state index in [0.717, 1.165) is 0 Å². The minimum absolute atomic E-state index is 0.393. The minimum Gasteiger partial charge on any atom is -0.396 e. The maximum Gasteiger partial charge on any atom is 0.0878 e. The van der Waals surface area contributed by atoms with Crippen LogP contribution in [0.25, 0.3) is 0 Å². The molecule has 5 nitrogen and oxygen atoms in total. The molecule has 5 N–H and O–H groups in total. The van der Waals surface area contributed by atoms with Crippen LogP contribution in [-0.4, -0.2) is 57.1 Å². The Morgan fingerprint density at radius 3 is 1.17 bits per heavy atom. The Morgan fingerprint density at radius 1 is 0.667 bits per heavy atom. The van der Waals surface area contributed by atoms with E-state index in [9.17, 15) is 15.3 Å². The molecule has 0 aromatic carbocycles. The van der Waals surface area contributed by atoms with Gasteiger partial charge in [-0.15, -0.1) is 0 Å². The average molecular weight is 178 g/mol. The van der Waals surface area contributed by atoms with E-state index in [-0.39, 0.29) is 0 Å². The minimum atomic E-state index is -1.15. The van der Waals surface area contributed by atoms with Crippen molar-refractivity contribution in [2.24, 2.45) is 11.8 Å². The quantitative estimate of drug-likeness (QED) is 0.317. The molecule has 0 spiro atoms. The van der Waals surface area contributed by atoms with Crippen LogP contribution in [0.5, 0.6) is 0 Å². The van der Waals surface area contributed by atoms with Crippen molar-refractivity contribution in [2.45, 2.75) is 18.3 Å². The molecule has 1 fully saturated rings. The first-order chi connectivity index (χ1) is 5.63. The molecule has 5 atom stereocenters. The molecule has 0 saturated heterocycles. The van der Waals surface area contributed by atoms with Gasteiger partial charge in [-0.2, -0.15) is 0 Å². The van der Waals surface area contributed by atoms with E-state index in [1.165, 1.54) is 0 Å². The molecule has 1 aliphatic rings. The molecule has 1 saturated carbocycles. The molecule has 4 unspecified atom stereocenters. The van der Waals surface area contributed by atoms with E-state index in [4.69, 9.17) is 10.2 Å². The fraction of sp³-hybridized carbons (Fsp3) is 1.00. The SMILES string of the molecule is OCC1C(O)C(CO)[C@@H](O)C1O. The third kappa shape index (κ3) is 1.34. The monoisotopic (exact) mass is 178 g/mol. The summed E-state index contributed by atoms with van der Waals surface area (Å²) in [7, 11) is 0. The van der Waals surface area contributed by atoms with Crippen LogP contribution in [0.1, 0.15) is 0 Å². The Kier molecular flexibility index (Phi) is 3.03. The van der Waals surface area contributed by atoms with Gasteiger partial charge in [-0.3, -0.25) is 0 Å². The number of hydrogen-bond acceptors (Lipinski definition) is 5. The van der Waals surface area contributed by atoms with E-state index in [1.54, 1.807) is 0 Å². The first-order valence-electron chi connectivity index (χ1n) is 3.89. The van der Waals surface area contributed by atoms with Crippen molar-refractivity contribution in [3.8, 4) is 0 Å². The Morgan fingerprint density at radius 2 is 1.00 bits per heavy atom. The number of aliphatic hydroxyl groups excluding tert-OH is 5. The van der Waals surface area contributed by atoms with Crippen molar-refractivity contribution in [1.29, 1.82) is 0 Å². The van der Waals surface area contributed by atoms with Gasteiger partial charge < -0.3 is 25.5 Å². The zero-order valence-electron chi connectivity index (χ0n) is 6.54. The standard InChI is InChI=1S/C7H14O5/c8-1-3-5(10)4(2-9)7(12)6(3)11/h3-12H,1-2H2/t3?,4?,5?,6-,7?/m1/s1. The molecule has 0 aromatic rings. The highest BCUT2D eigenvalue weighted by Crippen LogP contribution is 2.31. The molecule has 0 radical (unpaired) electrons. The largest absolute Gasteiger partial charge is 0.396 e. The molecular weight excluding hydrogens is 164 g/mol. The summed E-state index contributed by atoms with van der Waals surface area (Å²) in [5, 5.41) is 45.3. The van der Waals surface area contributed by atoms with Gasteiger partial charge in [0.15, 0.2) is 0 Å². The van der Waals surface area contributed by atoms with E-state index >= 15 is 0 Å². The zero-order valence-corrected chi connectivity index (χ0v) is 6.54. The first kappa shape index (κ1) is 9.88. The Labute approximate surface area is 69.9 Å². The van der Waals surface area contributed by atoms with Crippen molar-refractivity contribution >= 4 is 0 Å². The van der Waals surface area contributed by atoms with Gasteiger partial charge in [0.1, 0.15) is 0 Å². The molecular formula is C7H14O5. The highest BCUT2D eigenvalue weighted by atomic mass is 16.4. The Balaban J connectivity index is 2.71. The lowest BCUT2D eigenvalue weighted by Gasteiger charge is -2.15. The van der Waals surface area contributed by atoms with Crippen LogP contribution in [0.4, 0.5) is 0 Å². The molecule has 5 heteroatoms. The van der Waals surface area contributed by atoms with Crippen LogP contribution < -0.4 is 0 Å². The molecule has 0 amide bonds. The van der Waals surface area contributed by atoms with Gasteiger partial charge in [0.05, 0.1) is 31.5 Å². The Hall–Kier alpha value is -0.200. The van der Waals surface area contributed by atoms with Gasteiger partial charge in [0.25, 0.3) is 0 Å². The van der Waals surface area contributed by atoms with E-state index in [2.05, 4.69) is 0 Å². The maximum atomic E-state index is 9.35. The third-order valence-electron chi connectivity index (χ3n) is 2.53. The second-order valence-corrected chi connectivity index (χ2v) is 3.16. The van der Waals surface area contributed by atoms with Crippen LogP contribution in [0.3, 0.4) is 0 Å². The number of aliphatic hydroxyl groups is 5. The molecule has 1 rings (SSSR count). The average Bonchev–Trinajstić information content (AvgIpc) is 2.25. The summed E-state index contributed by atoms with van der Waals surface area (Å²) >= 11 is 0. The third-order valence-corrected chi connectivity index (χ3v) is 2.53. The molecule has 0 heterocycles. The normalized spacial score (nSPS) is 48.2. The summed E-state index contributed by atoms with van der Waals surface area (Å²) in [6, 6.07) is 0. The molecule has 0 aliphatic heterocycles. The highest BCUT2D eigenvalue weighted by molar-refractivity contribution is 4.97. The van der Waals surface area contributed by atoms with Crippen molar-refractivity contribution in [3.63, 3.8) is 0 Å². The topological polar surface area (TPSA) is 101 Å². The van der Waals surface area contributed by atoms with Crippen LogP contribution >= 0.6 is 0 Å². The van der Waals surface area contributed by atoms with Gasteiger partial charge in [0, 0.05) is 11.8 Å². The summed E-state index contributed by atoms with van der Waals surface area (Å²) < 4.78 is 0. The van der Waals surface area contributed by atoms with Gasteiger partial charge in [0.2, 0.25) is 0 Å². The van der Waals surface area contributed by atoms with Crippen molar-refractivity contribution in [3.05, 3.63) is 0 Å². The van der Waals surface area contributed by atoms with Gasteiger partial charge in [-0.25, -0.2) is 0 Å². The lowest BCUT2D eigenvalue weighted by molar-refractivity contribution is -0.0135. The predicted octanol–water partition coefficient (Wildman–Crippen LogP) is -2.70. The first-order valence-corrected chi connectivity index (χ1v) is 3.89. The maximum absolute atomic E-state index is 9.35. The summed E-state index contributed by atoms with van der Waals surface area (Å²) in [6.45, 7) is -0.786. The van der Waals surface area contributed by atoms with Gasteiger partial charge in [-0.1, -0.05) is 0 Å². The summed E-state index contributed by atoms with van der Waals surface area (Å²) in [5.74, 6) is -1.51. The Bertz CT molecular complexity index is 135. The number of hydrogen-bond donors (Lipinski definition) is 5. The van der Waals surface area contributed by atoms with Crippen molar-refractivity contribution in [2.75, 3.05) is 13.2 Å². The van der Waals surface area contributed by atoms with E-state index in [0.29, 0.717) is 0 Å². The molecule has 72 valence electrons. The summed E-state index contributed by atoms with van der Waals surface area (Å²) in [6.07, 6.45) is -3.34. The fourth-order valence-corrected chi connectivity index (χ4v) is 1.66. The lowest BCUT2D eigenvalue weighted by atomic mass is 10.0. The second kappa shape index (κ2) is 3.68.